The number of hydrogen-bond donors (Lipinski definition) is 2. The molecule has 0 bridgehead atoms. The number of aryl methyl sites for hydroxylation is 1. The number of pyridine rings is 1. The van der Waals surface area contributed by atoms with E-state index in [4.69, 9.17) is 4.74 Å². The number of rotatable bonds is 5. The summed E-state index contributed by atoms with van der Waals surface area (Å²) in [7, 11) is -3.45. The number of aromatic amines is 1. The van der Waals surface area contributed by atoms with Gasteiger partial charge in [0.15, 0.2) is 15.7 Å². The smallest absolute Gasteiger partial charge is 0.259 e. The van der Waals surface area contributed by atoms with Crippen molar-refractivity contribution in [3.05, 3.63) is 51.8 Å². The second kappa shape index (κ2) is 8.51. The molecule has 1 saturated heterocycles. The Balaban J connectivity index is 1.54. The average Bonchev–Trinajstić information content (AvgIpc) is 3.26. The normalized spacial score (nSPS) is 16.3. The minimum absolute atomic E-state index is 0.103. The van der Waals surface area contributed by atoms with Gasteiger partial charge in [0.2, 0.25) is 5.44 Å². The zero-order chi connectivity index (χ0) is 23.2. The van der Waals surface area contributed by atoms with Gasteiger partial charge in [-0.25, -0.2) is 13.4 Å². The molecular formula is C23H24N4O4S2. The van der Waals surface area contributed by atoms with E-state index in [9.17, 15) is 13.2 Å². The Labute approximate surface area is 195 Å². The summed E-state index contributed by atoms with van der Waals surface area (Å²) in [5.74, 6) is 0.641. The van der Waals surface area contributed by atoms with E-state index in [1.54, 1.807) is 29.7 Å². The molecule has 4 aromatic rings. The van der Waals surface area contributed by atoms with E-state index in [1.165, 1.54) is 6.26 Å². The van der Waals surface area contributed by atoms with Crippen LogP contribution in [0.3, 0.4) is 0 Å². The van der Waals surface area contributed by atoms with E-state index >= 15 is 0 Å². The van der Waals surface area contributed by atoms with Crippen molar-refractivity contribution in [2.45, 2.75) is 25.2 Å². The molecule has 0 radical (unpaired) electrons. The Morgan fingerprint density at radius 1 is 1.21 bits per heavy atom. The van der Waals surface area contributed by atoms with E-state index in [0.29, 0.717) is 28.2 Å². The number of benzene rings is 1. The molecule has 0 amide bonds. The topological polar surface area (TPSA) is 114 Å². The van der Waals surface area contributed by atoms with E-state index in [2.05, 4.69) is 20.3 Å². The summed E-state index contributed by atoms with van der Waals surface area (Å²) >= 11 is 1.60. The van der Waals surface area contributed by atoms with Crippen molar-refractivity contribution in [1.82, 2.24) is 20.3 Å². The van der Waals surface area contributed by atoms with Crippen LogP contribution in [0, 0.1) is 12.8 Å². The van der Waals surface area contributed by atoms with Crippen molar-refractivity contribution in [1.29, 1.82) is 0 Å². The van der Waals surface area contributed by atoms with Crippen molar-refractivity contribution in [3.63, 3.8) is 0 Å². The number of nitrogens with zero attached hydrogens (tertiary/aromatic N) is 2. The lowest BCUT2D eigenvalue weighted by molar-refractivity contribution is 0.176. The maximum absolute atomic E-state index is 13.0. The van der Waals surface area contributed by atoms with E-state index in [-0.39, 0.29) is 11.5 Å². The highest BCUT2D eigenvalue weighted by Crippen LogP contribution is 2.29. The first kappa shape index (κ1) is 22.0. The van der Waals surface area contributed by atoms with E-state index in [0.717, 1.165) is 41.6 Å². The Morgan fingerprint density at radius 3 is 2.76 bits per heavy atom. The number of aromatic nitrogens is 3. The molecule has 33 heavy (non-hydrogen) atoms. The number of H-pyrrole nitrogens is 1. The van der Waals surface area contributed by atoms with Gasteiger partial charge >= 0.3 is 0 Å². The predicted molar refractivity (Wildman–Crippen MR) is 131 cm³/mol. The third-order valence-corrected chi connectivity index (χ3v) is 8.19. The molecule has 1 atom stereocenters. The van der Waals surface area contributed by atoms with Crippen LogP contribution < -0.4 is 15.6 Å². The van der Waals surface area contributed by atoms with Gasteiger partial charge in [-0.2, -0.15) is 0 Å². The zero-order valence-corrected chi connectivity index (χ0v) is 19.9. The van der Waals surface area contributed by atoms with Gasteiger partial charge in [-0.3, -0.25) is 9.78 Å². The number of thiophene rings is 1. The molecule has 1 aliphatic heterocycles. The monoisotopic (exact) mass is 484 g/mol. The number of hydrogen-bond acceptors (Lipinski definition) is 8. The van der Waals surface area contributed by atoms with Crippen LogP contribution in [0.5, 0.6) is 5.75 Å². The molecule has 10 heteroatoms. The molecule has 172 valence electrons. The fourth-order valence-electron chi connectivity index (χ4n) is 4.35. The van der Waals surface area contributed by atoms with Crippen LogP contribution in [0.2, 0.25) is 0 Å². The van der Waals surface area contributed by atoms with Crippen molar-refractivity contribution >= 4 is 42.2 Å². The number of nitrogens with one attached hydrogen (secondary N) is 2. The number of sulfone groups is 1. The largest absolute Gasteiger partial charge is 0.474 e. The van der Waals surface area contributed by atoms with Gasteiger partial charge in [0.1, 0.15) is 11.4 Å². The van der Waals surface area contributed by atoms with Crippen molar-refractivity contribution < 1.29 is 13.2 Å². The van der Waals surface area contributed by atoms with Gasteiger partial charge in [-0.15, -0.1) is 11.3 Å². The second-order valence-corrected chi connectivity index (χ2v) is 11.6. The second-order valence-electron chi connectivity index (χ2n) is 8.48. The Hall–Kier alpha value is -2.82. The van der Waals surface area contributed by atoms with Gasteiger partial charge in [-0.05, 0) is 73.5 Å². The minimum atomic E-state index is -3.45. The van der Waals surface area contributed by atoms with Gasteiger partial charge in [0, 0.05) is 18.4 Å². The third kappa shape index (κ3) is 4.38. The summed E-state index contributed by atoms with van der Waals surface area (Å²) in [6.07, 6.45) is 4.41. The fourth-order valence-corrected chi connectivity index (χ4v) is 6.35. The first-order chi connectivity index (χ1) is 15.8. The third-order valence-electron chi connectivity index (χ3n) is 6.00. The quantitative estimate of drug-likeness (QED) is 0.447. The SMILES string of the molecule is Cc1cc(OC(C2CCNCC2)S(C)(=O)=O)cc2c(=O)[nH]c(-c3cc4ccsc4cn3)nc12. The van der Waals surface area contributed by atoms with Crippen LogP contribution in [0.25, 0.3) is 32.5 Å². The van der Waals surface area contributed by atoms with Gasteiger partial charge in [0.25, 0.3) is 5.56 Å². The molecule has 8 nitrogen and oxygen atoms in total. The highest BCUT2D eigenvalue weighted by Gasteiger charge is 2.33. The number of fused-ring (bicyclic) bond motifs is 2. The average molecular weight is 485 g/mol. The van der Waals surface area contributed by atoms with Crippen LogP contribution in [0.4, 0.5) is 0 Å². The lowest BCUT2D eigenvalue weighted by atomic mass is 9.99. The van der Waals surface area contributed by atoms with Crippen LogP contribution in [0.1, 0.15) is 18.4 Å². The molecule has 2 N–H and O–H groups in total. The van der Waals surface area contributed by atoms with Crippen LogP contribution in [0.15, 0.2) is 40.6 Å². The molecule has 0 aliphatic carbocycles. The first-order valence-electron chi connectivity index (χ1n) is 10.7. The summed E-state index contributed by atoms with van der Waals surface area (Å²) in [5.41, 5.74) is 0.565. The Bertz CT molecular complexity index is 1500. The van der Waals surface area contributed by atoms with Crippen molar-refractivity contribution in [2.75, 3.05) is 19.3 Å². The van der Waals surface area contributed by atoms with Crippen LogP contribution in [-0.4, -0.2) is 48.2 Å². The lowest BCUT2D eigenvalue weighted by Crippen LogP contribution is -2.41. The van der Waals surface area contributed by atoms with Gasteiger partial charge in [-0.1, -0.05) is 0 Å². The summed E-state index contributed by atoms with van der Waals surface area (Å²) < 4.78 is 32.1. The Morgan fingerprint density at radius 2 is 2.00 bits per heavy atom. The maximum atomic E-state index is 13.0. The molecule has 4 heterocycles. The van der Waals surface area contributed by atoms with E-state index < -0.39 is 15.3 Å². The lowest BCUT2D eigenvalue weighted by Gasteiger charge is -2.30. The van der Waals surface area contributed by atoms with Crippen molar-refractivity contribution in [3.8, 4) is 17.3 Å². The highest BCUT2D eigenvalue weighted by molar-refractivity contribution is 7.91. The molecular weight excluding hydrogens is 460 g/mol. The molecule has 0 saturated carbocycles. The minimum Gasteiger partial charge on any atom is -0.474 e. The van der Waals surface area contributed by atoms with Crippen LogP contribution in [-0.2, 0) is 9.84 Å². The number of piperidine rings is 1. The summed E-state index contributed by atoms with van der Waals surface area (Å²) in [6, 6.07) is 7.22. The standard InChI is InChI=1S/C23H24N4O4S2/c1-13-9-16(31-23(33(2,29)30)14-3-6-24-7-4-14)11-17-20(13)26-21(27-22(17)28)18-10-15-5-8-32-19(15)12-25-18/h5,8-12,14,23-24H,3-4,6-7H2,1-2H3,(H,26,27,28). The van der Waals surface area contributed by atoms with E-state index in [1.807, 2.05) is 24.4 Å². The van der Waals surface area contributed by atoms with Crippen molar-refractivity contribution in [2.24, 2.45) is 5.92 Å². The van der Waals surface area contributed by atoms with Gasteiger partial charge < -0.3 is 15.0 Å². The molecule has 1 aromatic carbocycles. The van der Waals surface area contributed by atoms with Gasteiger partial charge in [0.05, 0.1) is 15.6 Å². The summed E-state index contributed by atoms with van der Waals surface area (Å²) in [6.45, 7) is 3.35. The summed E-state index contributed by atoms with van der Waals surface area (Å²) in [4.78, 5) is 24.9. The maximum Gasteiger partial charge on any atom is 0.259 e. The first-order valence-corrected chi connectivity index (χ1v) is 13.6. The molecule has 1 aliphatic rings. The predicted octanol–water partition coefficient (Wildman–Crippen LogP) is 3.26. The zero-order valence-electron chi connectivity index (χ0n) is 18.3. The number of ether oxygens (including phenoxy) is 1. The molecule has 1 fully saturated rings. The molecule has 0 spiro atoms. The highest BCUT2D eigenvalue weighted by atomic mass is 32.2. The fraction of sp³-hybridized carbons (Fsp3) is 0.348. The molecule has 1 unspecified atom stereocenters. The Kier molecular flexibility index (Phi) is 5.67. The molecule has 3 aromatic heterocycles. The molecule has 5 rings (SSSR count). The van der Waals surface area contributed by atoms with Crippen LogP contribution >= 0.6 is 11.3 Å². The summed E-state index contributed by atoms with van der Waals surface area (Å²) in [5, 5.41) is 6.63.